The Hall–Kier alpha value is -2.83. The average molecular weight is 420 g/mol. The number of hydrazone groups is 1. The summed E-state index contributed by atoms with van der Waals surface area (Å²) in [6.07, 6.45) is -1.54. The number of halogens is 1. The van der Waals surface area contributed by atoms with Crippen LogP contribution < -0.4 is 11.2 Å². The molecule has 4 rings (SSSR count). The van der Waals surface area contributed by atoms with Gasteiger partial charge < -0.3 is 25.8 Å². The second kappa shape index (κ2) is 7.89. The molecule has 1 aliphatic heterocycles. The number of aliphatic hydroxyl groups excluding tert-OH is 3. The van der Waals surface area contributed by atoms with Crippen LogP contribution in [-0.2, 0) is 4.74 Å². The van der Waals surface area contributed by atoms with Gasteiger partial charge in [0, 0.05) is 5.02 Å². The molecule has 12 heteroatoms. The van der Waals surface area contributed by atoms with Gasteiger partial charge in [-0.1, -0.05) is 23.7 Å². The van der Waals surface area contributed by atoms with Gasteiger partial charge in [-0.3, -0.25) is 4.57 Å². The normalized spacial score (nSPS) is 24.6. The van der Waals surface area contributed by atoms with Gasteiger partial charge in [-0.2, -0.15) is 15.1 Å². The highest BCUT2D eigenvalue weighted by molar-refractivity contribution is 6.30. The maximum absolute atomic E-state index is 10.3. The molecule has 0 amide bonds. The summed E-state index contributed by atoms with van der Waals surface area (Å²) < 4.78 is 6.95. The number of imidazole rings is 1. The molecule has 0 aliphatic carbocycles. The van der Waals surface area contributed by atoms with Crippen LogP contribution in [0.5, 0.6) is 0 Å². The molecular formula is C17H18ClN7O4. The van der Waals surface area contributed by atoms with E-state index in [1.807, 2.05) is 6.07 Å². The fraction of sp³-hybridized carbons (Fsp3) is 0.294. The molecular weight excluding hydrogens is 402 g/mol. The number of benzene rings is 1. The minimum Gasteiger partial charge on any atom is -0.394 e. The van der Waals surface area contributed by atoms with Gasteiger partial charge in [0.1, 0.15) is 23.8 Å². The Balaban J connectivity index is 1.62. The number of aromatic nitrogens is 4. The first-order valence-corrected chi connectivity index (χ1v) is 9.03. The fourth-order valence-corrected chi connectivity index (χ4v) is 3.23. The van der Waals surface area contributed by atoms with E-state index in [0.717, 1.165) is 5.56 Å². The molecule has 11 nitrogen and oxygen atoms in total. The number of nitrogens with two attached hydrogens (primary N) is 1. The molecule has 3 heterocycles. The van der Waals surface area contributed by atoms with Crippen molar-refractivity contribution >= 4 is 40.7 Å². The zero-order valence-corrected chi connectivity index (χ0v) is 15.7. The lowest BCUT2D eigenvalue weighted by molar-refractivity contribution is -0.0511. The summed E-state index contributed by atoms with van der Waals surface area (Å²) >= 11 is 5.94. The molecule has 6 N–H and O–H groups in total. The maximum Gasteiger partial charge on any atom is 0.247 e. The van der Waals surface area contributed by atoms with Gasteiger partial charge in [0.2, 0.25) is 5.95 Å². The Kier molecular flexibility index (Phi) is 5.30. The van der Waals surface area contributed by atoms with Crippen LogP contribution >= 0.6 is 11.6 Å². The third kappa shape index (κ3) is 3.73. The summed E-state index contributed by atoms with van der Waals surface area (Å²) in [6.45, 7) is -0.441. The van der Waals surface area contributed by atoms with E-state index in [2.05, 4.69) is 25.5 Å². The molecule has 3 aromatic rings. The topological polar surface area (TPSA) is 164 Å². The number of nitrogens with one attached hydrogen (secondary N) is 1. The first kappa shape index (κ1) is 19.5. The number of hydrogen-bond donors (Lipinski definition) is 5. The molecule has 1 saturated heterocycles. The van der Waals surface area contributed by atoms with Crippen molar-refractivity contribution in [2.45, 2.75) is 24.5 Å². The SMILES string of the molecule is Nc1nc(N/N=C/c2cccc(Cl)c2)nc2c1ncn2C1OC(CO)C(O)C1O. The van der Waals surface area contributed by atoms with Crippen LogP contribution in [0, 0.1) is 0 Å². The second-order valence-electron chi connectivity index (χ2n) is 6.41. The lowest BCUT2D eigenvalue weighted by Gasteiger charge is -2.16. The van der Waals surface area contributed by atoms with Gasteiger partial charge in [-0.15, -0.1) is 0 Å². The molecule has 0 bridgehead atoms. The van der Waals surface area contributed by atoms with Crippen molar-refractivity contribution in [3.05, 3.63) is 41.2 Å². The van der Waals surface area contributed by atoms with Gasteiger partial charge in [0.25, 0.3) is 0 Å². The van der Waals surface area contributed by atoms with Crippen LogP contribution in [0.3, 0.4) is 0 Å². The van der Waals surface area contributed by atoms with Crippen LogP contribution in [0.2, 0.25) is 5.02 Å². The fourth-order valence-electron chi connectivity index (χ4n) is 3.04. The number of hydrogen-bond acceptors (Lipinski definition) is 10. The molecule has 4 unspecified atom stereocenters. The molecule has 2 aromatic heterocycles. The number of anilines is 2. The Morgan fingerprint density at radius 3 is 2.86 bits per heavy atom. The largest absolute Gasteiger partial charge is 0.394 e. The van der Waals surface area contributed by atoms with Crippen molar-refractivity contribution in [3.8, 4) is 0 Å². The van der Waals surface area contributed by atoms with E-state index in [0.29, 0.717) is 10.5 Å². The van der Waals surface area contributed by atoms with Crippen molar-refractivity contribution < 1.29 is 20.1 Å². The zero-order valence-electron chi connectivity index (χ0n) is 14.9. The highest BCUT2D eigenvalue weighted by Crippen LogP contribution is 2.32. The van der Waals surface area contributed by atoms with Crippen molar-refractivity contribution in [1.82, 2.24) is 19.5 Å². The van der Waals surface area contributed by atoms with Crippen LogP contribution in [0.25, 0.3) is 11.2 Å². The number of nitrogen functional groups attached to an aromatic ring is 1. The van der Waals surface area contributed by atoms with Gasteiger partial charge >= 0.3 is 0 Å². The average Bonchev–Trinajstić information content (AvgIpc) is 3.24. The van der Waals surface area contributed by atoms with Crippen LogP contribution in [-0.4, -0.2) is 66.0 Å². The first-order chi connectivity index (χ1) is 14.0. The van der Waals surface area contributed by atoms with Crippen molar-refractivity contribution in [2.75, 3.05) is 17.8 Å². The zero-order chi connectivity index (χ0) is 20.5. The smallest absolute Gasteiger partial charge is 0.247 e. The van der Waals surface area contributed by atoms with Crippen molar-refractivity contribution in [2.24, 2.45) is 5.10 Å². The second-order valence-corrected chi connectivity index (χ2v) is 6.85. The molecule has 0 saturated carbocycles. The van der Waals surface area contributed by atoms with E-state index >= 15 is 0 Å². The number of nitrogens with zero attached hydrogens (tertiary/aromatic N) is 5. The Morgan fingerprint density at radius 2 is 2.14 bits per heavy atom. The van der Waals surface area contributed by atoms with Crippen LogP contribution in [0.1, 0.15) is 11.8 Å². The van der Waals surface area contributed by atoms with E-state index in [1.54, 1.807) is 24.4 Å². The number of aliphatic hydroxyl groups is 3. The van der Waals surface area contributed by atoms with Gasteiger partial charge in [0.05, 0.1) is 19.1 Å². The maximum atomic E-state index is 10.3. The summed E-state index contributed by atoms with van der Waals surface area (Å²) in [4.78, 5) is 12.6. The Labute approximate surface area is 169 Å². The van der Waals surface area contributed by atoms with Crippen molar-refractivity contribution in [1.29, 1.82) is 0 Å². The Morgan fingerprint density at radius 1 is 1.31 bits per heavy atom. The van der Waals surface area contributed by atoms with Crippen LogP contribution in [0.15, 0.2) is 35.7 Å². The third-order valence-corrected chi connectivity index (χ3v) is 4.70. The quantitative estimate of drug-likeness (QED) is 0.285. The summed E-state index contributed by atoms with van der Waals surface area (Å²) in [5, 5.41) is 34.2. The van der Waals surface area contributed by atoms with E-state index < -0.39 is 31.1 Å². The lowest BCUT2D eigenvalue weighted by Crippen LogP contribution is -2.33. The van der Waals surface area contributed by atoms with E-state index in [-0.39, 0.29) is 17.4 Å². The minimum atomic E-state index is -1.28. The highest BCUT2D eigenvalue weighted by atomic mass is 35.5. The molecule has 0 spiro atoms. The number of ether oxygens (including phenoxy) is 1. The molecule has 1 aliphatic rings. The van der Waals surface area contributed by atoms with Crippen molar-refractivity contribution in [3.63, 3.8) is 0 Å². The molecule has 1 aromatic carbocycles. The highest BCUT2D eigenvalue weighted by Gasteiger charge is 2.44. The molecule has 152 valence electrons. The molecule has 1 fully saturated rings. The van der Waals surface area contributed by atoms with Gasteiger partial charge in [-0.25, -0.2) is 10.4 Å². The molecule has 29 heavy (non-hydrogen) atoms. The standard InChI is InChI=1S/C17H18ClN7O4/c18-9-3-1-2-8(4-9)5-21-24-17-22-14(19)11-15(23-17)25(7-20-11)16-13(28)12(27)10(6-26)29-16/h1-5,7,10,12-13,16,26-28H,6H2,(H3,19,22,23,24)/b21-5+. The predicted molar refractivity (Wildman–Crippen MR) is 105 cm³/mol. The molecule has 4 atom stereocenters. The monoisotopic (exact) mass is 419 g/mol. The van der Waals surface area contributed by atoms with Crippen LogP contribution in [0.4, 0.5) is 11.8 Å². The third-order valence-electron chi connectivity index (χ3n) is 4.47. The predicted octanol–water partition coefficient (Wildman–Crippen LogP) is 0.119. The summed E-state index contributed by atoms with van der Waals surface area (Å²) in [7, 11) is 0. The van der Waals surface area contributed by atoms with Gasteiger partial charge in [-0.05, 0) is 17.7 Å². The summed E-state index contributed by atoms with van der Waals surface area (Å²) in [5.41, 5.74) is 9.98. The lowest BCUT2D eigenvalue weighted by atomic mass is 10.1. The summed E-state index contributed by atoms with van der Waals surface area (Å²) in [5.74, 6) is 0.197. The number of rotatable bonds is 5. The van der Waals surface area contributed by atoms with E-state index in [9.17, 15) is 15.3 Å². The molecule has 0 radical (unpaired) electrons. The number of fused-ring (bicyclic) bond motifs is 1. The first-order valence-electron chi connectivity index (χ1n) is 8.65. The van der Waals surface area contributed by atoms with Gasteiger partial charge in [0.15, 0.2) is 17.7 Å². The van der Waals surface area contributed by atoms with E-state index in [4.69, 9.17) is 22.1 Å². The summed E-state index contributed by atoms with van der Waals surface area (Å²) in [6, 6.07) is 7.11. The minimum absolute atomic E-state index is 0.0981. The Bertz CT molecular complexity index is 1060. The van der Waals surface area contributed by atoms with E-state index in [1.165, 1.54) is 10.9 Å².